The quantitative estimate of drug-likeness (QED) is 0.489. The fraction of sp³-hybridized carbons (Fsp3) is 0.278. The van der Waals surface area contributed by atoms with Crippen molar-refractivity contribution in [2.75, 3.05) is 17.7 Å². The molecule has 2 aromatic rings. The van der Waals surface area contributed by atoms with Crippen LogP contribution in [0.15, 0.2) is 34.2 Å². The van der Waals surface area contributed by atoms with Gasteiger partial charge in [-0.3, -0.25) is 9.59 Å². The molecule has 0 saturated carbocycles. The molecule has 6 nitrogen and oxygen atoms in total. The molecule has 128 valence electrons. The number of nitrogens with zero attached hydrogens (tertiary/aromatic N) is 1. The van der Waals surface area contributed by atoms with E-state index in [1.54, 1.807) is 0 Å². The summed E-state index contributed by atoms with van der Waals surface area (Å²) in [5.41, 5.74) is 1.08. The van der Waals surface area contributed by atoms with Crippen LogP contribution in [0.25, 0.3) is 0 Å². The molecule has 0 aliphatic carbocycles. The highest BCUT2D eigenvalue weighted by atomic mass is 32.2. The van der Waals surface area contributed by atoms with Gasteiger partial charge in [-0.2, -0.15) is 0 Å². The molecule has 2 N–H and O–H groups in total. The minimum atomic E-state index is -0.345. The Bertz CT molecular complexity index is 884. The largest absolute Gasteiger partial charge is 0.494 e. The number of aromatic nitrogens is 2. The van der Waals surface area contributed by atoms with E-state index in [0.29, 0.717) is 28.9 Å². The van der Waals surface area contributed by atoms with Crippen molar-refractivity contribution in [3.8, 4) is 18.1 Å². The van der Waals surface area contributed by atoms with Crippen LogP contribution in [-0.4, -0.2) is 28.2 Å². The molecule has 1 atom stereocenters. The minimum absolute atomic E-state index is 0.169. The summed E-state index contributed by atoms with van der Waals surface area (Å²) in [6.45, 7) is 2.49. The molecular formula is C18H17N3O3S. The van der Waals surface area contributed by atoms with Crippen LogP contribution in [0.5, 0.6) is 5.75 Å². The lowest BCUT2D eigenvalue weighted by Crippen LogP contribution is -2.31. The number of benzene rings is 1. The number of carbonyl (C=O) groups excluding carboxylic acids is 1. The van der Waals surface area contributed by atoms with Crippen LogP contribution in [0.4, 0.5) is 5.82 Å². The molecule has 7 heteroatoms. The number of terminal acetylenes is 1. The van der Waals surface area contributed by atoms with Crippen molar-refractivity contribution in [1.29, 1.82) is 0 Å². The molecule has 0 saturated heterocycles. The van der Waals surface area contributed by atoms with Crippen molar-refractivity contribution in [2.24, 2.45) is 0 Å². The van der Waals surface area contributed by atoms with Crippen LogP contribution in [0.2, 0.25) is 0 Å². The van der Waals surface area contributed by atoms with E-state index in [2.05, 4.69) is 21.2 Å². The second-order valence-electron chi connectivity index (χ2n) is 5.43. The Labute approximate surface area is 149 Å². The molecule has 3 rings (SSSR count). The third-order valence-electron chi connectivity index (χ3n) is 3.82. The number of H-pyrrole nitrogens is 1. The van der Waals surface area contributed by atoms with Gasteiger partial charge < -0.3 is 15.0 Å². The van der Waals surface area contributed by atoms with E-state index in [-0.39, 0.29) is 23.8 Å². The summed E-state index contributed by atoms with van der Waals surface area (Å²) in [5.74, 6) is 3.40. The van der Waals surface area contributed by atoms with Gasteiger partial charge in [-0.15, -0.1) is 6.42 Å². The zero-order valence-corrected chi connectivity index (χ0v) is 14.5. The number of ether oxygens (including phenoxy) is 1. The van der Waals surface area contributed by atoms with Crippen molar-refractivity contribution in [3.63, 3.8) is 0 Å². The fourth-order valence-electron chi connectivity index (χ4n) is 2.78. The Balaban J connectivity index is 1.99. The summed E-state index contributed by atoms with van der Waals surface area (Å²) in [6, 6.07) is 7.42. The molecular weight excluding hydrogens is 338 g/mol. The van der Waals surface area contributed by atoms with E-state index in [1.165, 1.54) is 11.8 Å². The maximum Gasteiger partial charge on any atom is 0.257 e. The third-order valence-corrected chi connectivity index (χ3v) is 4.59. The van der Waals surface area contributed by atoms with Gasteiger partial charge in [0.2, 0.25) is 5.91 Å². The molecule has 1 aliphatic heterocycles. The lowest BCUT2D eigenvalue weighted by molar-refractivity contribution is -0.116. The molecule has 25 heavy (non-hydrogen) atoms. The van der Waals surface area contributed by atoms with Gasteiger partial charge >= 0.3 is 0 Å². The maximum atomic E-state index is 12.6. The van der Waals surface area contributed by atoms with Crippen molar-refractivity contribution >= 4 is 23.5 Å². The number of fused-ring (bicyclic) bond motifs is 1. The Kier molecular flexibility index (Phi) is 5.10. The number of nitrogens with one attached hydrogen (secondary N) is 2. The number of aromatic amines is 1. The minimum Gasteiger partial charge on any atom is -0.494 e. The smallest absolute Gasteiger partial charge is 0.257 e. The molecule has 1 aromatic heterocycles. The Morgan fingerprint density at radius 1 is 1.36 bits per heavy atom. The molecule has 1 aromatic carbocycles. The Morgan fingerprint density at radius 2 is 2.12 bits per heavy atom. The molecule has 0 spiro atoms. The maximum absolute atomic E-state index is 12.6. The van der Waals surface area contributed by atoms with E-state index in [4.69, 9.17) is 11.2 Å². The van der Waals surface area contributed by atoms with Crippen molar-refractivity contribution in [2.45, 2.75) is 24.4 Å². The van der Waals surface area contributed by atoms with Crippen LogP contribution in [0.1, 0.15) is 30.4 Å². The summed E-state index contributed by atoms with van der Waals surface area (Å²) in [7, 11) is 0. The standard InChI is InChI=1S/C18H17N3O3S/c1-3-9-25-18-20-16-15(17(23)21-18)13(10-14(22)19-16)11-5-7-12(8-6-11)24-4-2/h1,5-8,13H,4,9-10H2,2H3,(H2,19,20,21,22,23)/t13-/m1/s1. The van der Waals surface area contributed by atoms with Gasteiger partial charge in [0.25, 0.3) is 5.56 Å². The predicted octanol–water partition coefficient (Wildman–Crippen LogP) is 2.37. The summed E-state index contributed by atoms with van der Waals surface area (Å²) in [4.78, 5) is 31.7. The second kappa shape index (κ2) is 7.45. The van der Waals surface area contributed by atoms with Crippen LogP contribution >= 0.6 is 11.8 Å². The fourth-order valence-corrected chi connectivity index (χ4v) is 3.32. The SMILES string of the molecule is C#CCSc1nc2c(c(=O)[nH]1)[C@@H](c1ccc(OCC)cc1)CC(=O)N2. The highest BCUT2D eigenvalue weighted by molar-refractivity contribution is 7.99. The lowest BCUT2D eigenvalue weighted by Gasteiger charge is -2.24. The highest BCUT2D eigenvalue weighted by Crippen LogP contribution is 2.35. The first-order valence-electron chi connectivity index (χ1n) is 7.85. The average molecular weight is 355 g/mol. The van der Waals surface area contributed by atoms with E-state index < -0.39 is 0 Å². The average Bonchev–Trinajstić information content (AvgIpc) is 2.60. The highest BCUT2D eigenvalue weighted by Gasteiger charge is 2.30. The number of hydrogen-bond acceptors (Lipinski definition) is 5. The zero-order valence-electron chi connectivity index (χ0n) is 13.7. The van der Waals surface area contributed by atoms with Crippen LogP contribution in [0.3, 0.4) is 0 Å². The van der Waals surface area contributed by atoms with E-state index in [9.17, 15) is 9.59 Å². The topological polar surface area (TPSA) is 84.1 Å². The number of amides is 1. The number of hydrogen-bond donors (Lipinski definition) is 2. The number of rotatable bonds is 5. The summed E-state index contributed by atoms with van der Waals surface area (Å²) < 4.78 is 5.44. The van der Waals surface area contributed by atoms with Gasteiger partial charge in [0.15, 0.2) is 5.16 Å². The lowest BCUT2D eigenvalue weighted by atomic mass is 9.87. The van der Waals surface area contributed by atoms with Gasteiger partial charge in [0.05, 0.1) is 17.9 Å². The van der Waals surface area contributed by atoms with Gasteiger partial charge in [-0.1, -0.05) is 29.8 Å². The van der Waals surface area contributed by atoms with E-state index in [0.717, 1.165) is 11.3 Å². The first-order valence-corrected chi connectivity index (χ1v) is 8.84. The Morgan fingerprint density at radius 3 is 2.80 bits per heavy atom. The molecule has 1 amide bonds. The molecule has 2 heterocycles. The van der Waals surface area contributed by atoms with Crippen LogP contribution in [-0.2, 0) is 4.79 Å². The van der Waals surface area contributed by atoms with Crippen molar-refractivity contribution in [1.82, 2.24) is 9.97 Å². The molecule has 0 unspecified atom stereocenters. The van der Waals surface area contributed by atoms with Crippen molar-refractivity contribution < 1.29 is 9.53 Å². The summed E-state index contributed by atoms with van der Waals surface area (Å²) in [5, 5.41) is 3.09. The van der Waals surface area contributed by atoms with Gasteiger partial charge in [0.1, 0.15) is 11.6 Å². The van der Waals surface area contributed by atoms with E-state index in [1.807, 2.05) is 31.2 Å². The number of carbonyl (C=O) groups is 1. The number of anilines is 1. The molecule has 0 bridgehead atoms. The van der Waals surface area contributed by atoms with Crippen LogP contribution < -0.4 is 15.6 Å². The molecule has 1 aliphatic rings. The number of thioether (sulfide) groups is 1. The van der Waals surface area contributed by atoms with Crippen molar-refractivity contribution in [3.05, 3.63) is 45.7 Å². The predicted molar refractivity (Wildman–Crippen MR) is 97.1 cm³/mol. The normalized spacial score (nSPS) is 15.8. The zero-order chi connectivity index (χ0) is 17.8. The second-order valence-corrected chi connectivity index (χ2v) is 6.40. The van der Waals surface area contributed by atoms with Gasteiger partial charge in [-0.05, 0) is 24.6 Å². The monoisotopic (exact) mass is 355 g/mol. The third kappa shape index (κ3) is 3.69. The van der Waals surface area contributed by atoms with E-state index >= 15 is 0 Å². The summed E-state index contributed by atoms with van der Waals surface area (Å²) in [6.07, 6.45) is 5.43. The Hall–Kier alpha value is -2.72. The molecule has 0 radical (unpaired) electrons. The van der Waals surface area contributed by atoms with Gasteiger partial charge in [0, 0.05) is 12.3 Å². The first kappa shape index (κ1) is 17.1. The van der Waals surface area contributed by atoms with Crippen LogP contribution in [0, 0.1) is 12.3 Å². The first-order chi connectivity index (χ1) is 12.1. The molecule has 0 fully saturated rings. The summed E-state index contributed by atoms with van der Waals surface area (Å²) >= 11 is 1.24. The van der Waals surface area contributed by atoms with Gasteiger partial charge in [-0.25, -0.2) is 4.98 Å².